The first kappa shape index (κ1) is 12.7. The number of rotatable bonds is 5. The molecule has 0 aliphatic rings. The van der Waals surface area contributed by atoms with Crippen LogP contribution in [0.1, 0.15) is 36.3 Å². The maximum atomic E-state index is 4.23. The van der Waals surface area contributed by atoms with Crippen molar-refractivity contribution in [1.29, 1.82) is 0 Å². The predicted octanol–water partition coefficient (Wildman–Crippen LogP) is 1.70. The van der Waals surface area contributed by atoms with Crippen LogP contribution in [-0.2, 0) is 6.54 Å². The minimum absolute atomic E-state index is 0.105. The third-order valence-electron chi connectivity index (χ3n) is 2.92. The van der Waals surface area contributed by atoms with Crippen LogP contribution in [0.2, 0.25) is 0 Å². The van der Waals surface area contributed by atoms with E-state index in [9.17, 15) is 0 Å². The molecule has 5 heteroatoms. The van der Waals surface area contributed by atoms with Gasteiger partial charge in [0.25, 0.3) is 0 Å². The molecule has 0 saturated heterocycles. The standard InChI is InChI=1S/C13H19N5/c1-4-7-18-12(9-16-17-18)13(14-3)11-5-6-15-10(2)8-11/h5-6,8-9,13-14H,4,7H2,1-3H3. The van der Waals surface area contributed by atoms with E-state index in [-0.39, 0.29) is 6.04 Å². The van der Waals surface area contributed by atoms with E-state index in [0.717, 1.165) is 24.4 Å². The van der Waals surface area contributed by atoms with E-state index in [1.54, 1.807) is 0 Å². The van der Waals surface area contributed by atoms with Crippen LogP contribution >= 0.6 is 0 Å². The molecule has 1 unspecified atom stereocenters. The Bertz CT molecular complexity index is 506. The molecule has 0 amide bonds. The number of pyridine rings is 1. The number of nitrogens with zero attached hydrogens (tertiary/aromatic N) is 4. The van der Waals surface area contributed by atoms with Crippen molar-refractivity contribution < 1.29 is 0 Å². The summed E-state index contributed by atoms with van der Waals surface area (Å²) < 4.78 is 1.96. The average molecular weight is 245 g/mol. The van der Waals surface area contributed by atoms with E-state index < -0.39 is 0 Å². The van der Waals surface area contributed by atoms with Crippen molar-refractivity contribution in [2.75, 3.05) is 7.05 Å². The van der Waals surface area contributed by atoms with Gasteiger partial charge in [-0.3, -0.25) is 4.98 Å². The Balaban J connectivity index is 2.36. The summed E-state index contributed by atoms with van der Waals surface area (Å²) in [6.45, 7) is 5.02. The van der Waals surface area contributed by atoms with Crippen LogP contribution in [-0.4, -0.2) is 27.0 Å². The third-order valence-corrected chi connectivity index (χ3v) is 2.92. The lowest BCUT2D eigenvalue weighted by atomic mass is 10.0. The number of aryl methyl sites for hydroxylation is 2. The fourth-order valence-corrected chi connectivity index (χ4v) is 2.11. The van der Waals surface area contributed by atoms with Gasteiger partial charge in [-0.05, 0) is 38.1 Å². The molecule has 0 bridgehead atoms. The second kappa shape index (κ2) is 5.73. The van der Waals surface area contributed by atoms with Gasteiger partial charge >= 0.3 is 0 Å². The molecule has 0 aliphatic carbocycles. The molecule has 0 spiro atoms. The lowest BCUT2D eigenvalue weighted by Crippen LogP contribution is -2.21. The third kappa shape index (κ3) is 2.56. The molecule has 18 heavy (non-hydrogen) atoms. The van der Waals surface area contributed by atoms with Gasteiger partial charge in [0.15, 0.2) is 0 Å². The molecule has 0 saturated carbocycles. The van der Waals surface area contributed by atoms with Gasteiger partial charge in [0.05, 0.1) is 17.9 Å². The number of aromatic nitrogens is 4. The SMILES string of the molecule is CCCn1nncc1C(NC)c1ccnc(C)c1. The zero-order valence-electron chi connectivity index (χ0n) is 11.1. The Kier molecular flexibility index (Phi) is 4.04. The lowest BCUT2D eigenvalue weighted by molar-refractivity contribution is 0.523. The van der Waals surface area contributed by atoms with Crippen LogP contribution in [0.3, 0.4) is 0 Å². The minimum atomic E-state index is 0.105. The fraction of sp³-hybridized carbons (Fsp3) is 0.462. The topological polar surface area (TPSA) is 55.6 Å². The Morgan fingerprint density at radius 2 is 2.28 bits per heavy atom. The molecule has 1 atom stereocenters. The highest BCUT2D eigenvalue weighted by Crippen LogP contribution is 2.21. The molecule has 0 aliphatic heterocycles. The Labute approximate surface area is 107 Å². The Hall–Kier alpha value is -1.75. The van der Waals surface area contributed by atoms with Gasteiger partial charge < -0.3 is 5.32 Å². The smallest absolute Gasteiger partial charge is 0.0801 e. The van der Waals surface area contributed by atoms with Crippen molar-refractivity contribution in [3.8, 4) is 0 Å². The van der Waals surface area contributed by atoms with E-state index in [1.165, 1.54) is 5.56 Å². The van der Waals surface area contributed by atoms with Gasteiger partial charge in [0.2, 0.25) is 0 Å². The lowest BCUT2D eigenvalue weighted by Gasteiger charge is -2.17. The van der Waals surface area contributed by atoms with Crippen LogP contribution < -0.4 is 5.32 Å². The van der Waals surface area contributed by atoms with Crippen molar-refractivity contribution in [2.45, 2.75) is 32.9 Å². The molecule has 2 heterocycles. The normalized spacial score (nSPS) is 12.6. The summed E-state index contributed by atoms with van der Waals surface area (Å²) in [5.41, 5.74) is 3.29. The molecule has 2 aromatic heterocycles. The minimum Gasteiger partial charge on any atom is -0.308 e. The second-order valence-corrected chi connectivity index (χ2v) is 4.33. The summed E-state index contributed by atoms with van der Waals surface area (Å²) in [5, 5.41) is 11.5. The molecule has 0 fully saturated rings. The zero-order valence-corrected chi connectivity index (χ0v) is 11.1. The van der Waals surface area contributed by atoms with E-state index in [4.69, 9.17) is 0 Å². The molecular weight excluding hydrogens is 226 g/mol. The van der Waals surface area contributed by atoms with E-state index in [2.05, 4.69) is 33.6 Å². The van der Waals surface area contributed by atoms with Gasteiger partial charge in [0.1, 0.15) is 0 Å². The van der Waals surface area contributed by atoms with Gasteiger partial charge in [-0.15, -0.1) is 5.10 Å². The first-order chi connectivity index (χ1) is 8.76. The number of hydrogen-bond donors (Lipinski definition) is 1. The quantitative estimate of drug-likeness (QED) is 0.871. The maximum absolute atomic E-state index is 4.23. The summed E-state index contributed by atoms with van der Waals surface area (Å²) in [4.78, 5) is 4.23. The maximum Gasteiger partial charge on any atom is 0.0801 e. The van der Waals surface area contributed by atoms with Crippen LogP contribution in [0.15, 0.2) is 24.5 Å². The summed E-state index contributed by atoms with van der Waals surface area (Å²) in [6, 6.07) is 4.22. The first-order valence-electron chi connectivity index (χ1n) is 6.24. The van der Waals surface area contributed by atoms with E-state index >= 15 is 0 Å². The first-order valence-corrected chi connectivity index (χ1v) is 6.24. The van der Waals surface area contributed by atoms with Gasteiger partial charge in [-0.1, -0.05) is 12.1 Å². The molecule has 2 rings (SSSR count). The van der Waals surface area contributed by atoms with Crippen molar-refractivity contribution in [2.24, 2.45) is 0 Å². The molecule has 96 valence electrons. The highest BCUT2D eigenvalue weighted by molar-refractivity contribution is 5.26. The summed E-state index contributed by atoms with van der Waals surface area (Å²) in [7, 11) is 1.95. The fourth-order valence-electron chi connectivity index (χ4n) is 2.11. The van der Waals surface area contributed by atoms with Crippen molar-refractivity contribution in [3.05, 3.63) is 41.5 Å². The Morgan fingerprint density at radius 1 is 1.44 bits per heavy atom. The van der Waals surface area contributed by atoms with Crippen LogP contribution in [0.25, 0.3) is 0 Å². The van der Waals surface area contributed by atoms with Crippen LogP contribution in [0, 0.1) is 6.92 Å². The van der Waals surface area contributed by atoms with Crippen molar-refractivity contribution in [1.82, 2.24) is 25.3 Å². The monoisotopic (exact) mass is 245 g/mol. The Morgan fingerprint density at radius 3 is 2.94 bits per heavy atom. The zero-order chi connectivity index (χ0) is 13.0. The largest absolute Gasteiger partial charge is 0.308 e. The second-order valence-electron chi connectivity index (χ2n) is 4.33. The number of nitrogens with one attached hydrogen (secondary N) is 1. The average Bonchev–Trinajstić information content (AvgIpc) is 2.79. The summed E-state index contributed by atoms with van der Waals surface area (Å²) >= 11 is 0. The van der Waals surface area contributed by atoms with Crippen molar-refractivity contribution >= 4 is 0 Å². The van der Waals surface area contributed by atoms with Crippen LogP contribution in [0.4, 0.5) is 0 Å². The van der Waals surface area contributed by atoms with Gasteiger partial charge in [-0.2, -0.15) is 0 Å². The molecule has 5 nitrogen and oxygen atoms in total. The van der Waals surface area contributed by atoms with Crippen molar-refractivity contribution in [3.63, 3.8) is 0 Å². The highest BCUT2D eigenvalue weighted by Gasteiger charge is 2.17. The van der Waals surface area contributed by atoms with E-state index in [1.807, 2.05) is 37.1 Å². The molecule has 2 aromatic rings. The molecule has 0 radical (unpaired) electrons. The molecule has 0 aromatic carbocycles. The highest BCUT2D eigenvalue weighted by atomic mass is 15.4. The van der Waals surface area contributed by atoms with Crippen LogP contribution in [0.5, 0.6) is 0 Å². The number of hydrogen-bond acceptors (Lipinski definition) is 4. The van der Waals surface area contributed by atoms with Gasteiger partial charge in [0, 0.05) is 18.4 Å². The summed E-state index contributed by atoms with van der Waals surface area (Å²) in [5.74, 6) is 0. The molecule has 1 N–H and O–H groups in total. The van der Waals surface area contributed by atoms with Gasteiger partial charge in [-0.25, -0.2) is 4.68 Å². The molecular formula is C13H19N5. The summed E-state index contributed by atoms with van der Waals surface area (Å²) in [6.07, 6.45) is 4.71. The van der Waals surface area contributed by atoms with E-state index in [0.29, 0.717) is 0 Å². The predicted molar refractivity (Wildman–Crippen MR) is 70.2 cm³/mol.